The number of amides is 1. The molecule has 0 saturated heterocycles. The quantitative estimate of drug-likeness (QED) is 0.356. The van der Waals surface area contributed by atoms with Gasteiger partial charge in [-0.15, -0.1) is 0 Å². The lowest BCUT2D eigenvalue weighted by Gasteiger charge is -2.22. The Labute approximate surface area is 152 Å². The molecule has 9 heteroatoms. The second-order valence-electron chi connectivity index (χ2n) is 6.64. The van der Waals surface area contributed by atoms with E-state index < -0.39 is 37.7 Å². The summed E-state index contributed by atoms with van der Waals surface area (Å²) in [5.41, 5.74) is 2.33. The van der Waals surface area contributed by atoms with Crippen molar-refractivity contribution in [2.75, 3.05) is 13.2 Å². The Morgan fingerprint density at radius 2 is 2.08 bits per heavy atom. The van der Waals surface area contributed by atoms with Gasteiger partial charge in [0, 0.05) is 5.56 Å². The van der Waals surface area contributed by atoms with Gasteiger partial charge in [0.15, 0.2) is 0 Å². The van der Waals surface area contributed by atoms with Crippen molar-refractivity contribution in [3.63, 3.8) is 0 Å². The molecule has 8 nitrogen and oxygen atoms in total. The van der Waals surface area contributed by atoms with Crippen LogP contribution in [0.1, 0.15) is 35.3 Å². The third-order valence-corrected chi connectivity index (χ3v) is 4.33. The van der Waals surface area contributed by atoms with E-state index in [0.29, 0.717) is 16.6 Å². The first-order valence-electron chi connectivity index (χ1n) is 8.44. The number of esters is 1. The number of benzene rings is 1. The highest BCUT2D eigenvalue weighted by Gasteiger charge is 2.32. The lowest BCUT2D eigenvalue weighted by Crippen LogP contribution is -2.46. The van der Waals surface area contributed by atoms with E-state index in [1.807, 2.05) is 0 Å². The van der Waals surface area contributed by atoms with Gasteiger partial charge < -0.3 is 29.9 Å². The molecule has 0 radical (unpaired) electrons. The summed E-state index contributed by atoms with van der Waals surface area (Å²) < 4.78 is 10.1. The molecule has 0 aromatic heterocycles. The van der Waals surface area contributed by atoms with Crippen LogP contribution in [0.15, 0.2) is 12.1 Å². The summed E-state index contributed by atoms with van der Waals surface area (Å²) in [5, 5.41) is 30.6. The summed E-state index contributed by atoms with van der Waals surface area (Å²) in [6.45, 7) is 4.63. The molecule has 2 rings (SSSR count). The number of nitrogens with one attached hydrogen (secondary N) is 1. The summed E-state index contributed by atoms with van der Waals surface area (Å²) in [7, 11) is -1.07. The van der Waals surface area contributed by atoms with Gasteiger partial charge in [-0.25, -0.2) is 4.79 Å². The van der Waals surface area contributed by atoms with Crippen LogP contribution in [-0.4, -0.2) is 59.6 Å². The molecule has 0 bridgehead atoms. The minimum absolute atomic E-state index is 0.249. The van der Waals surface area contributed by atoms with Crippen LogP contribution in [0.25, 0.3) is 0 Å². The van der Waals surface area contributed by atoms with E-state index in [4.69, 9.17) is 14.5 Å². The van der Waals surface area contributed by atoms with Crippen molar-refractivity contribution < 1.29 is 34.2 Å². The van der Waals surface area contributed by atoms with E-state index in [1.54, 1.807) is 32.9 Å². The summed E-state index contributed by atoms with van der Waals surface area (Å²) in [6.07, 6.45) is -1.16. The van der Waals surface area contributed by atoms with Crippen molar-refractivity contribution in [2.24, 2.45) is 5.92 Å². The molecule has 0 spiro atoms. The number of aliphatic hydroxyl groups excluding tert-OH is 2. The third kappa shape index (κ3) is 4.42. The van der Waals surface area contributed by atoms with Crippen LogP contribution in [0.5, 0.6) is 0 Å². The number of rotatable bonds is 7. The molecule has 1 aliphatic rings. The number of hydrogen-bond acceptors (Lipinski definition) is 7. The topological polar surface area (TPSA) is 125 Å². The van der Waals surface area contributed by atoms with Gasteiger partial charge in [0.05, 0.1) is 13.2 Å². The van der Waals surface area contributed by atoms with E-state index in [-0.39, 0.29) is 19.1 Å². The maximum Gasteiger partial charge on any atom is 0.492 e. The Bertz CT molecular complexity index is 679. The molecule has 1 heterocycles. The summed E-state index contributed by atoms with van der Waals surface area (Å²) in [6, 6.07) is 2.43. The Balaban J connectivity index is 2.13. The molecule has 142 valence electrons. The van der Waals surface area contributed by atoms with E-state index in [2.05, 4.69) is 5.32 Å². The van der Waals surface area contributed by atoms with Gasteiger partial charge >= 0.3 is 13.1 Å². The van der Waals surface area contributed by atoms with Crippen molar-refractivity contribution in [3.05, 3.63) is 28.8 Å². The van der Waals surface area contributed by atoms with Crippen molar-refractivity contribution in [3.8, 4) is 0 Å². The highest BCUT2D eigenvalue weighted by Crippen LogP contribution is 2.17. The number of fused-ring (bicyclic) bond motifs is 1. The second-order valence-corrected chi connectivity index (χ2v) is 6.64. The van der Waals surface area contributed by atoms with Gasteiger partial charge in [-0.1, -0.05) is 19.9 Å². The maximum absolute atomic E-state index is 12.7. The summed E-state index contributed by atoms with van der Waals surface area (Å²) in [5.74, 6) is -1.41. The molecule has 4 N–H and O–H groups in total. The molecule has 0 aliphatic carbocycles. The number of aliphatic hydroxyl groups is 2. The Hall–Kier alpha value is -1.94. The standard InChI is InChI=1S/C17H24BNO7/c1-9(2)15(17(23)25-8-12(21)6-20)19-16(22)13-5-4-11-7-26-18(24)14(11)10(13)3/h4-5,9,12,15,20-21,24H,6-8H2,1-3H3,(H,19,22)/t12-,15?/m0/s1. The van der Waals surface area contributed by atoms with Gasteiger partial charge in [-0.05, 0) is 35.5 Å². The fourth-order valence-corrected chi connectivity index (χ4v) is 2.79. The Morgan fingerprint density at radius 1 is 1.38 bits per heavy atom. The zero-order valence-electron chi connectivity index (χ0n) is 15.1. The molecule has 1 aliphatic heterocycles. The predicted molar refractivity (Wildman–Crippen MR) is 93.7 cm³/mol. The average Bonchev–Trinajstić information content (AvgIpc) is 2.98. The minimum Gasteiger partial charge on any atom is -0.461 e. The number of carbonyl (C=O) groups excluding carboxylic acids is 2. The van der Waals surface area contributed by atoms with E-state index in [9.17, 15) is 19.7 Å². The molecule has 26 heavy (non-hydrogen) atoms. The molecule has 0 saturated carbocycles. The predicted octanol–water partition coefficient (Wildman–Crippen LogP) is -1.14. The fourth-order valence-electron chi connectivity index (χ4n) is 2.79. The zero-order chi connectivity index (χ0) is 19.4. The number of hydrogen-bond donors (Lipinski definition) is 4. The van der Waals surface area contributed by atoms with Crippen LogP contribution in [0.2, 0.25) is 0 Å². The smallest absolute Gasteiger partial charge is 0.461 e. The monoisotopic (exact) mass is 365 g/mol. The van der Waals surface area contributed by atoms with Crippen molar-refractivity contribution in [1.82, 2.24) is 5.32 Å². The lowest BCUT2D eigenvalue weighted by molar-refractivity contribution is -0.150. The largest absolute Gasteiger partial charge is 0.492 e. The molecular formula is C17H24BNO7. The third-order valence-electron chi connectivity index (χ3n) is 4.33. The van der Waals surface area contributed by atoms with Crippen LogP contribution < -0.4 is 10.8 Å². The number of carbonyl (C=O) groups is 2. The van der Waals surface area contributed by atoms with Gasteiger partial charge in [-0.2, -0.15) is 0 Å². The Kier molecular flexibility index (Phi) is 6.77. The normalized spacial score (nSPS) is 15.6. The zero-order valence-corrected chi connectivity index (χ0v) is 15.1. The maximum atomic E-state index is 12.7. The summed E-state index contributed by atoms with van der Waals surface area (Å²) >= 11 is 0. The number of ether oxygens (including phenoxy) is 1. The molecule has 1 unspecified atom stereocenters. The van der Waals surface area contributed by atoms with Crippen molar-refractivity contribution in [1.29, 1.82) is 0 Å². The van der Waals surface area contributed by atoms with Gasteiger partial charge in [0.1, 0.15) is 18.8 Å². The van der Waals surface area contributed by atoms with Gasteiger partial charge in [0.2, 0.25) is 0 Å². The molecular weight excluding hydrogens is 341 g/mol. The average molecular weight is 365 g/mol. The highest BCUT2D eigenvalue weighted by molar-refractivity contribution is 6.62. The van der Waals surface area contributed by atoms with Crippen LogP contribution in [-0.2, 0) is 20.8 Å². The fraction of sp³-hybridized carbons (Fsp3) is 0.529. The lowest BCUT2D eigenvalue weighted by atomic mass is 9.75. The van der Waals surface area contributed by atoms with E-state index in [0.717, 1.165) is 5.56 Å². The molecule has 0 fully saturated rings. The molecule has 2 atom stereocenters. The van der Waals surface area contributed by atoms with Crippen LogP contribution >= 0.6 is 0 Å². The van der Waals surface area contributed by atoms with E-state index >= 15 is 0 Å². The second kappa shape index (κ2) is 8.63. The first-order valence-corrected chi connectivity index (χ1v) is 8.44. The molecule has 1 aromatic rings. The first-order chi connectivity index (χ1) is 12.3. The highest BCUT2D eigenvalue weighted by atomic mass is 16.5. The van der Waals surface area contributed by atoms with Crippen molar-refractivity contribution >= 4 is 24.5 Å². The van der Waals surface area contributed by atoms with Crippen LogP contribution in [0.3, 0.4) is 0 Å². The van der Waals surface area contributed by atoms with E-state index in [1.165, 1.54) is 0 Å². The van der Waals surface area contributed by atoms with Gasteiger partial charge in [-0.3, -0.25) is 4.79 Å². The minimum atomic E-state index is -1.16. The SMILES string of the molecule is Cc1c(C(=O)NC(C(=O)OC[C@@H](O)CO)C(C)C)ccc2c1B(O)OC2. The van der Waals surface area contributed by atoms with Crippen LogP contribution in [0, 0.1) is 12.8 Å². The Morgan fingerprint density at radius 3 is 2.69 bits per heavy atom. The molecule has 1 aromatic carbocycles. The van der Waals surface area contributed by atoms with Crippen LogP contribution in [0.4, 0.5) is 0 Å². The van der Waals surface area contributed by atoms with Crippen molar-refractivity contribution in [2.45, 2.75) is 39.5 Å². The molecule has 1 amide bonds. The first kappa shape index (κ1) is 20.4. The summed E-state index contributed by atoms with van der Waals surface area (Å²) in [4.78, 5) is 24.9. The van der Waals surface area contributed by atoms with Gasteiger partial charge in [0.25, 0.3) is 5.91 Å².